The maximum Gasteiger partial charge on any atom is 0.151 e. The van der Waals surface area contributed by atoms with E-state index in [0.717, 1.165) is 11.5 Å². The molecule has 1 unspecified atom stereocenters. The van der Waals surface area contributed by atoms with Crippen LogP contribution >= 0.6 is 0 Å². The highest BCUT2D eigenvalue weighted by molar-refractivity contribution is 5.52. The van der Waals surface area contributed by atoms with Crippen LogP contribution in [0.2, 0.25) is 0 Å². The minimum absolute atomic E-state index is 0.551. The lowest BCUT2D eigenvalue weighted by atomic mass is 10.2. The lowest BCUT2D eigenvalue weighted by Gasteiger charge is -1.95. The van der Waals surface area contributed by atoms with Gasteiger partial charge >= 0.3 is 0 Å². The van der Waals surface area contributed by atoms with Gasteiger partial charge in [0.05, 0.1) is 18.1 Å². The van der Waals surface area contributed by atoms with Crippen molar-refractivity contribution in [3.63, 3.8) is 0 Å². The molecule has 0 radical (unpaired) electrons. The monoisotopic (exact) mass is 192 g/mol. The van der Waals surface area contributed by atoms with Gasteiger partial charge in [-0.1, -0.05) is 0 Å². The van der Waals surface area contributed by atoms with E-state index in [0.29, 0.717) is 5.69 Å². The molecule has 0 amide bonds. The zero-order valence-corrected chi connectivity index (χ0v) is 8.14. The van der Waals surface area contributed by atoms with E-state index in [2.05, 4.69) is 5.10 Å². The van der Waals surface area contributed by atoms with Crippen molar-refractivity contribution in [2.45, 2.75) is 13.0 Å². The van der Waals surface area contributed by atoms with Gasteiger partial charge in [0.2, 0.25) is 0 Å². The molecule has 2 aromatic rings. The van der Waals surface area contributed by atoms with E-state index in [1.807, 2.05) is 25.2 Å². The second-order valence-corrected chi connectivity index (χ2v) is 3.23. The SMILES string of the molecule is CC(O)c1cc(-c2ccco2)n(C)n1. The third-order valence-corrected chi connectivity index (χ3v) is 2.10. The van der Waals surface area contributed by atoms with Crippen LogP contribution in [-0.2, 0) is 7.05 Å². The fourth-order valence-electron chi connectivity index (χ4n) is 1.35. The predicted octanol–water partition coefficient (Wildman–Crippen LogP) is 1.73. The van der Waals surface area contributed by atoms with Crippen LogP contribution in [0.25, 0.3) is 11.5 Å². The Morgan fingerprint density at radius 3 is 2.86 bits per heavy atom. The summed E-state index contributed by atoms with van der Waals surface area (Å²) in [7, 11) is 1.82. The average Bonchev–Trinajstić information content (AvgIpc) is 2.71. The molecule has 2 rings (SSSR count). The maximum atomic E-state index is 9.35. The predicted molar refractivity (Wildman–Crippen MR) is 51.5 cm³/mol. The maximum absolute atomic E-state index is 9.35. The Labute approximate surface area is 81.8 Å². The standard InChI is InChI=1S/C10H12N2O2/c1-7(13)8-6-9(12(2)11-8)10-4-3-5-14-10/h3-7,13H,1-2H3. The highest BCUT2D eigenvalue weighted by Gasteiger charge is 2.12. The first-order chi connectivity index (χ1) is 6.68. The summed E-state index contributed by atoms with van der Waals surface area (Å²) in [5.41, 5.74) is 1.52. The Balaban J connectivity index is 2.45. The van der Waals surface area contributed by atoms with Gasteiger partial charge in [-0.3, -0.25) is 4.68 Å². The van der Waals surface area contributed by atoms with Crippen molar-refractivity contribution in [2.24, 2.45) is 7.05 Å². The average molecular weight is 192 g/mol. The van der Waals surface area contributed by atoms with Crippen molar-refractivity contribution >= 4 is 0 Å². The Kier molecular flexibility index (Phi) is 2.13. The summed E-state index contributed by atoms with van der Waals surface area (Å²) >= 11 is 0. The molecule has 1 N–H and O–H groups in total. The smallest absolute Gasteiger partial charge is 0.151 e. The third kappa shape index (κ3) is 1.44. The summed E-state index contributed by atoms with van der Waals surface area (Å²) < 4.78 is 6.95. The van der Waals surface area contributed by atoms with Crippen LogP contribution in [0, 0.1) is 0 Å². The number of rotatable bonds is 2. The molecule has 4 heteroatoms. The number of aromatic nitrogens is 2. The zero-order valence-electron chi connectivity index (χ0n) is 8.14. The lowest BCUT2D eigenvalue weighted by Crippen LogP contribution is -1.96. The van der Waals surface area contributed by atoms with Gasteiger partial charge in [-0.05, 0) is 25.1 Å². The summed E-state index contributed by atoms with van der Waals surface area (Å²) in [6.07, 6.45) is 1.06. The van der Waals surface area contributed by atoms with E-state index < -0.39 is 6.10 Å². The van der Waals surface area contributed by atoms with Crippen LogP contribution in [-0.4, -0.2) is 14.9 Å². The highest BCUT2D eigenvalue weighted by atomic mass is 16.3. The highest BCUT2D eigenvalue weighted by Crippen LogP contribution is 2.22. The van der Waals surface area contributed by atoms with Gasteiger partial charge < -0.3 is 9.52 Å². The number of aryl methyl sites for hydroxylation is 1. The van der Waals surface area contributed by atoms with Gasteiger partial charge in [0.15, 0.2) is 5.76 Å². The molecule has 0 fully saturated rings. The van der Waals surface area contributed by atoms with E-state index in [4.69, 9.17) is 4.42 Å². The summed E-state index contributed by atoms with van der Waals surface area (Å²) in [4.78, 5) is 0. The molecule has 4 nitrogen and oxygen atoms in total. The van der Waals surface area contributed by atoms with E-state index in [1.165, 1.54) is 0 Å². The van der Waals surface area contributed by atoms with Crippen LogP contribution < -0.4 is 0 Å². The Bertz CT molecular complexity index is 415. The lowest BCUT2D eigenvalue weighted by molar-refractivity contribution is 0.193. The summed E-state index contributed by atoms with van der Waals surface area (Å²) in [6.45, 7) is 1.69. The fraction of sp³-hybridized carbons (Fsp3) is 0.300. The van der Waals surface area contributed by atoms with Gasteiger partial charge in [-0.2, -0.15) is 5.10 Å². The second kappa shape index (κ2) is 3.31. The van der Waals surface area contributed by atoms with Crippen LogP contribution in [0.15, 0.2) is 28.9 Å². The van der Waals surface area contributed by atoms with E-state index in [1.54, 1.807) is 17.9 Å². The topological polar surface area (TPSA) is 51.2 Å². The number of aliphatic hydroxyl groups excluding tert-OH is 1. The van der Waals surface area contributed by atoms with Crippen LogP contribution in [0.1, 0.15) is 18.7 Å². The van der Waals surface area contributed by atoms with E-state index >= 15 is 0 Å². The molecule has 0 spiro atoms. The van der Waals surface area contributed by atoms with Crippen molar-refractivity contribution in [2.75, 3.05) is 0 Å². The van der Waals surface area contributed by atoms with Crippen molar-refractivity contribution in [1.82, 2.24) is 9.78 Å². The van der Waals surface area contributed by atoms with Gasteiger partial charge in [0, 0.05) is 7.05 Å². The number of aliphatic hydroxyl groups is 1. The third-order valence-electron chi connectivity index (χ3n) is 2.10. The minimum Gasteiger partial charge on any atom is -0.463 e. The minimum atomic E-state index is -0.551. The molecule has 0 saturated heterocycles. The Morgan fingerprint density at radius 1 is 1.57 bits per heavy atom. The van der Waals surface area contributed by atoms with E-state index in [9.17, 15) is 5.11 Å². The molecule has 1 atom stereocenters. The molecule has 0 aliphatic heterocycles. The summed E-state index contributed by atoms with van der Waals surface area (Å²) in [6, 6.07) is 5.51. The van der Waals surface area contributed by atoms with Crippen LogP contribution in [0.4, 0.5) is 0 Å². The number of hydrogen-bond acceptors (Lipinski definition) is 3. The number of nitrogens with zero attached hydrogens (tertiary/aromatic N) is 2. The molecule has 0 saturated carbocycles. The van der Waals surface area contributed by atoms with Gasteiger partial charge in [0.1, 0.15) is 5.69 Å². The molecule has 0 aliphatic carbocycles. The summed E-state index contributed by atoms with van der Waals surface area (Å²) in [5.74, 6) is 0.756. The Morgan fingerprint density at radius 2 is 2.36 bits per heavy atom. The molecule has 14 heavy (non-hydrogen) atoms. The van der Waals surface area contributed by atoms with Gasteiger partial charge in [0.25, 0.3) is 0 Å². The van der Waals surface area contributed by atoms with E-state index in [-0.39, 0.29) is 0 Å². The molecular formula is C10H12N2O2. The zero-order chi connectivity index (χ0) is 10.1. The molecule has 0 bridgehead atoms. The first kappa shape index (κ1) is 9.02. The van der Waals surface area contributed by atoms with Crippen LogP contribution in [0.3, 0.4) is 0 Å². The fourth-order valence-corrected chi connectivity index (χ4v) is 1.35. The van der Waals surface area contributed by atoms with Crippen molar-refractivity contribution in [3.05, 3.63) is 30.2 Å². The number of furan rings is 1. The van der Waals surface area contributed by atoms with Crippen LogP contribution in [0.5, 0.6) is 0 Å². The molecule has 0 aliphatic rings. The van der Waals surface area contributed by atoms with Crippen molar-refractivity contribution in [3.8, 4) is 11.5 Å². The largest absolute Gasteiger partial charge is 0.463 e. The molecule has 74 valence electrons. The molecule has 2 heterocycles. The van der Waals surface area contributed by atoms with Crippen molar-refractivity contribution in [1.29, 1.82) is 0 Å². The van der Waals surface area contributed by atoms with Crippen molar-refractivity contribution < 1.29 is 9.52 Å². The number of hydrogen-bond donors (Lipinski definition) is 1. The first-order valence-electron chi connectivity index (χ1n) is 4.44. The normalized spacial score (nSPS) is 13.1. The van der Waals surface area contributed by atoms with Gasteiger partial charge in [-0.15, -0.1) is 0 Å². The quantitative estimate of drug-likeness (QED) is 0.788. The molecular weight excluding hydrogens is 180 g/mol. The molecule has 2 aromatic heterocycles. The second-order valence-electron chi connectivity index (χ2n) is 3.23. The first-order valence-corrected chi connectivity index (χ1v) is 4.44. The molecule has 0 aromatic carbocycles. The summed E-state index contributed by atoms with van der Waals surface area (Å²) in [5, 5.41) is 13.5. The van der Waals surface area contributed by atoms with Gasteiger partial charge in [-0.25, -0.2) is 0 Å². The Hall–Kier alpha value is -1.55.